The summed E-state index contributed by atoms with van der Waals surface area (Å²) in [5.74, 6) is -0.167. The predicted molar refractivity (Wildman–Crippen MR) is 81.3 cm³/mol. The Labute approximate surface area is 127 Å². The monoisotopic (exact) mass is 307 g/mol. The van der Waals surface area contributed by atoms with E-state index >= 15 is 0 Å². The molecule has 0 aliphatic carbocycles. The number of carbonyl (C=O) groups is 1. The molecule has 5 heteroatoms. The molecule has 2 rings (SSSR count). The van der Waals surface area contributed by atoms with E-state index in [4.69, 9.17) is 16.3 Å². The van der Waals surface area contributed by atoms with Gasteiger partial charge in [0.15, 0.2) is 6.10 Å². The van der Waals surface area contributed by atoms with Crippen LogP contribution in [0.15, 0.2) is 42.5 Å². The van der Waals surface area contributed by atoms with Gasteiger partial charge in [-0.3, -0.25) is 4.79 Å². The molecule has 1 N–H and O–H groups in total. The van der Waals surface area contributed by atoms with Crippen LogP contribution in [0.5, 0.6) is 5.75 Å². The fraction of sp³-hybridized carbons (Fsp3) is 0.188. The summed E-state index contributed by atoms with van der Waals surface area (Å²) >= 11 is 5.87. The first kappa shape index (κ1) is 15.3. The molecule has 21 heavy (non-hydrogen) atoms. The maximum Gasteiger partial charge on any atom is 0.265 e. The number of hydrogen-bond donors (Lipinski definition) is 1. The van der Waals surface area contributed by atoms with Gasteiger partial charge in [-0.15, -0.1) is 0 Å². The van der Waals surface area contributed by atoms with Gasteiger partial charge in [0.2, 0.25) is 0 Å². The fourth-order valence-electron chi connectivity index (χ4n) is 1.76. The maximum absolute atomic E-state index is 13.0. The molecule has 0 fully saturated rings. The second-order valence-electron chi connectivity index (χ2n) is 4.64. The summed E-state index contributed by atoms with van der Waals surface area (Å²) in [6, 6.07) is 11.2. The lowest BCUT2D eigenvalue weighted by atomic mass is 10.2. The lowest BCUT2D eigenvalue weighted by Crippen LogP contribution is -2.30. The van der Waals surface area contributed by atoms with E-state index in [1.54, 1.807) is 13.0 Å². The van der Waals surface area contributed by atoms with Gasteiger partial charge in [-0.05, 0) is 43.7 Å². The smallest absolute Gasteiger partial charge is 0.265 e. The molecule has 1 amide bonds. The van der Waals surface area contributed by atoms with Crippen molar-refractivity contribution in [3.63, 3.8) is 0 Å². The number of amides is 1. The largest absolute Gasteiger partial charge is 0.481 e. The first-order valence-corrected chi connectivity index (χ1v) is 6.83. The first-order valence-electron chi connectivity index (χ1n) is 6.45. The van der Waals surface area contributed by atoms with Crippen LogP contribution in [0.2, 0.25) is 5.02 Å². The zero-order valence-electron chi connectivity index (χ0n) is 11.7. The van der Waals surface area contributed by atoms with E-state index in [1.807, 2.05) is 25.1 Å². The van der Waals surface area contributed by atoms with Gasteiger partial charge in [0.1, 0.15) is 11.6 Å². The standard InChI is InChI=1S/C16H15ClFNO2/c1-10-5-3-4-6-15(10)21-11(2)16(20)19-14-8-7-12(18)9-13(14)17/h3-9,11H,1-2H3,(H,19,20)/t11-/m1/s1. The molecule has 0 unspecified atom stereocenters. The highest BCUT2D eigenvalue weighted by molar-refractivity contribution is 6.33. The van der Waals surface area contributed by atoms with Gasteiger partial charge in [-0.1, -0.05) is 29.8 Å². The first-order chi connectivity index (χ1) is 9.97. The van der Waals surface area contributed by atoms with E-state index in [0.717, 1.165) is 11.6 Å². The summed E-state index contributed by atoms with van der Waals surface area (Å²) in [4.78, 5) is 12.1. The van der Waals surface area contributed by atoms with Crippen LogP contribution in [-0.4, -0.2) is 12.0 Å². The number of nitrogens with one attached hydrogen (secondary N) is 1. The quantitative estimate of drug-likeness (QED) is 0.919. The number of aryl methyl sites for hydroxylation is 1. The van der Waals surface area contributed by atoms with Crippen molar-refractivity contribution in [2.75, 3.05) is 5.32 Å². The zero-order chi connectivity index (χ0) is 15.4. The Hall–Kier alpha value is -2.07. The normalized spacial score (nSPS) is 11.8. The minimum Gasteiger partial charge on any atom is -0.481 e. The van der Waals surface area contributed by atoms with Crippen molar-refractivity contribution in [1.29, 1.82) is 0 Å². The Morgan fingerprint density at radius 3 is 2.67 bits per heavy atom. The Morgan fingerprint density at radius 2 is 2.00 bits per heavy atom. The van der Waals surface area contributed by atoms with Crippen LogP contribution in [-0.2, 0) is 4.79 Å². The Kier molecular flexibility index (Phi) is 4.81. The number of hydrogen-bond acceptors (Lipinski definition) is 2. The van der Waals surface area contributed by atoms with Gasteiger partial charge in [0.05, 0.1) is 10.7 Å². The molecular formula is C16H15ClFNO2. The van der Waals surface area contributed by atoms with Gasteiger partial charge >= 0.3 is 0 Å². The Bertz CT molecular complexity index is 660. The minimum absolute atomic E-state index is 0.145. The Balaban J connectivity index is 2.04. The Morgan fingerprint density at radius 1 is 1.29 bits per heavy atom. The molecule has 0 heterocycles. The number of para-hydroxylation sites is 1. The van der Waals surface area contributed by atoms with E-state index in [0.29, 0.717) is 11.4 Å². The molecule has 0 spiro atoms. The molecule has 2 aromatic carbocycles. The van der Waals surface area contributed by atoms with Crippen molar-refractivity contribution >= 4 is 23.2 Å². The van der Waals surface area contributed by atoms with Crippen molar-refractivity contribution < 1.29 is 13.9 Å². The van der Waals surface area contributed by atoms with Crippen molar-refractivity contribution in [3.05, 3.63) is 58.9 Å². The summed E-state index contributed by atoms with van der Waals surface area (Å²) in [5.41, 5.74) is 1.29. The van der Waals surface area contributed by atoms with Gasteiger partial charge in [-0.2, -0.15) is 0 Å². The van der Waals surface area contributed by atoms with Crippen LogP contribution < -0.4 is 10.1 Å². The highest BCUT2D eigenvalue weighted by atomic mass is 35.5. The molecule has 0 saturated heterocycles. The molecule has 0 aliphatic rings. The lowest BCUT2D eigenvalue weighted by molar-refractivity contribution is -0.122. The van der Waals surface area contributed by atoms with Crippen molar-refractivity contribution in [3.8, 4) is 5.75 Å². The van der Waals surface area contributed by atoms with Crippen molar-refractivity contribution in [2.24, 2.45) is 0 Å². The number of anilines is 1. The molecule has 0 aromatic heterocycles. The van der Waals surface area contributed by atoms with Crippen LogP contribution in [0, 0.1) is 12.7 Å². The highest BCUT2D eigenvalue weighted by Gasteiger charge is 2.17. The van der Waals surface area contributed by atoms with E-state index in [-0.39, 0.29) is 10.9 Å². The number of ether oxygens (including phenoxy) is 1. The van der Waals surface area contributed by atoms with Crippen LogP contribution in [0.25, 0.3) is 0 Å². The second kappa shape index (κ2) is 6.59. The van der Waals surface area contributed by atoms with E-state index in [9.17, 15) is 9.18 Å². The van der Waals surface area contributed by atoms with E-state index < -0.39 is 11.9 Å². The third kappa shape index (κ3) is 3.95. The number of halogens is 2. The summed E-state index contributed by atoms with van der Waals surface area (Å²) in [7, 11) is 0. The predicted octanol–water partition coefficient (Wildman–Crippen LogP) is 4.19. The fourth-order valence-corrected chi connectivity index (χ4v) is 1.97. The second-order valence-corrected chi connectivity index (χ2v) is 5.05. The molecule has 0 saturated carbocycles. The molecule has 0 bridgehead atoms. The maximum atomic E-state index is 13.0. The lowest BCUT2D eigenvalue weighted by Gasteiger charge is -2.16. The number of rotatable bonds is 4. The van der Waals surface area contributed by atoms with E-state index in [2.05, 4.69) is 5.32 Å². The van der Waals surface area contributed by atoms with Gasteiger partial charge in [0.25, 0.3) is 5.91 Å². The van der Waals surface area contributed by atoms with E-state index in [1.165, 1.54) is 12.1 Å². The van der Waals surface area contributed by atoms with Gasteiger partial charge in [0, 0.05) is 0 Å². The van der Waals surface area contributed by atoms with Crippen LogP contribution in [0.3, 0.4) is 0 Å². The molecule has 0 aliphatic heterocycles. The average Bonchev–Trinajstić information content (AvgIpc) is 2.44. The molecule has 0 radical (unpaired) electrons. The van der Waals surface area contributed by atoms with Crippen molar-refractivity contribution in [2.45, 2.75) is 20.0 Å². The van der Waals surface area contributed by atoms with Gasteiger partial charge < -0.3 is 10.1 Å². The van der Waals surface area contributed by atoms with Crippen molar-refractivity contribution in [1.82, 2.24) is 0 Å². The summed E-state index contributed by atoms with van der Waals surface area (Å²) in [6.07, 6.45) is -0.702. The summed E-state index contributed by atoms with van der Waals surface area (Å²) < 4.78 is 18.6. The highest BCUT2D eigenvalue weighted by Crippen LogP contribution is 2.23. The third-order valence-corrected chi connectivity index (χ3v) is 3.27. The average molecular weight is 308 g/mol. The SMILES string of the molecule is Cc1ccccc1O[C@H](C)C(=O)Nc1ccc(F)cc1Cl. The molecule has 2 aromatic rings. The van der Waals surface area contributed by atoms with Crippen LogP contribution >= 0.6 is 11.6 Å². The third-order valence-electron chi connectivity index (χ3n) is 2.96. The molecule has 1 atom stereocenters. The number of carbonyl (C=O) groups excluding carboxylic acids is 1. The topological polar surface area (TPSA) is 38.3 Å². The summed E-state index contributed by atoms with van der Waals surface area (Å²) in [6.45, 7) is 3.54. The minimum atomic E-state index is -0.702. The zero-order valence-corrected chi connectivity index (χ0v) is 12.4. The molecule has 110 valence electrons. The molecular weight excluding hydrogens is 293 g/mol. The van der Waals surface area contributed by atoms with Crippen LogP contribution in [0.4, 0.5) is 10.1 Å². The summed E-state index contributed by atoms with van der Waals surface area (Å²) in [5, 5.41) is 2.76. The molecule has 3 nitrogen and oxygen atoms in total. The van der Waals surface area contributed by atoms with Crippen LogP contribution in [0.1, 0.15) is 12.5 Å². The van der Waals surface area contributed by atoms with Gasteiger partial charge in [-0.25, -0.2) is 4.39 Å². The number of benzene rings is 2.